The van der Waals surface area contributed by atoms with Crippen molar-refractivity contribution in [2.45, 2.75) is 136 Å². The second-order valence-electron chi connectivity index (χ2n) is 19.5. The van der Waals surface area contributed by atoms with Gasteiger partial charge in [0, 0.05) is 28.9 Å². The van der Waals surface area contributed by atoms with Crippen LogP contribution in [0.3, 0.4) is 0 Å². The molecule has 342 valence electrons. The average Bonchev–Trinajstić information content (AvgIpc) is 4.07. The van der Waals surface area contributed by atoms with Crippen LogP contribution in [0.5, 0.6) is 11.5 Å². The Morgan fingerprint density at radius 3 is 1.17 bits per heavy atom. The number of benzene rings is 2. The van der Waals surface area contributed by atoms with Crippen LogP contribution in [0.1, 0.15) is 117 Å². The van der Waals surface area contributed by atoms with Crippen LogP contribution in [0, 0.1) is 0 Å². The predicted octanol–water partition coefficient (Wildman–Crippen LogP) is 12.7. The maximum absolute atomic E-state index is 6.59. The molecule has 3 aliphatic heterocycles. The molecule has 64 heavy (non-hydrogen) atoms. The van der Waals surface area contributed by atoms with E-state index in [1.165, 1.54) is 0 Å². The molecule has 6 aromatic rings. The fraction of sp³-hybridized carbons (Fsp3) is 0.510. The van der Waals surface area contributed by atoms with Gasteiger partial charge in [-0.3, -0.25) is 0 Å². The molecule has 0 saturated carbocycles. The van der Waals surface area contributed by atoms with Crippen molar-refractivity contribution >= 4 is 56.1 Å². The van der Waals surface area contributed by atoms with Gasteiger partial charge in [-0.1, -0.05) is 6.07 Å². The smallest absolute Gasteiger partial charge is 0.194 e. The van der Waals surface area contributed by atoms with Gasteiger partial charge < -0.3 is 47.4 Å². The lowest BCUT2D eigenvalue weighted by molar-refractivity contribution is -0.0875. The van der Waals surface area contributed by atoms with Crippen LogP contribution in [0.15, 0.2) is 54.6 Å². The number of methoxy groups -OCH3 is 2. The molecule has 0 atom stereocenters. The first kappa shape index (κ1) is 45.6. The lowest BCUT2D eigenvalue weighted by Crippen LogP contribution is -2.41. The summed E-state index contributed by atoms with van der Waals surface area (Å²) in [7, 11) is 3.18. The lowest BCUT2D eigenvalue weighted by Gasteiger charge is -2.30. The summed E-state index contributed by atoms with van der Waals surface area (Å²) in [6.45, 7) is 24.6. The largest absolute Gasteiger partial charge is 0.463 e. The lowest BCUT2D eigenvalue weighted by atomic mass is 9.90. The summed E-state index contributed by atoms with van der Waals surface area (Å²) in [5.41, 5.74) is 2.11. The number of nitrogens with zero attached hydrogens (tertiary/aromatic N) is 2. The second-order valence-corrected chi connectivity index (χ2v) is 22.9. The maximum atomic E-state index is 6.59. The van der Waals surface area contributed by atoms with Crippen LogP contribution in [0.4, 0.5) is 0 Å². The first-order chi connectivity index (χ1) is 30.0. The number of hydrogen-bond donors (Lipinski definition) is 0. The zero-order valence-corrected chi connectivity index (χ0v) is 41.5. The van der Waals surface area contributed by atoms with E-state index in [2.05, 4.69) is 107 Å². The molecule has 3 aliphatic rings. The summed E-state index contributed by atoms with van der Waals surface area (Å²) in [6.07, 6.45) is -1.58. The number of fused-ring (bicyclic) bond motifs is 2. The zero-order valence-electron chi connectivity index (χ0n) is 39.0. The molecule has 3 fully saturated rings. The Kier molecular flexibility index (Phi) is 11.4. The maximum Gasteiger partial charge on any atom is 0.194 e. The molecule has 0 bridgehead atoms. The van der Waals surface area contributed by atoms with Crippen molar-refractivity contribution in [1.82, 2.24) is 9.97 Å². The molecule has 12 nitrogen and oxygen atoms in total. The summed E-state index contributed by atoms with van der Waals surface area (Å²) in [5.74, 6) is 0.873. The van der Waals surface area contributed by atoms with Crippen molar-refractivity contribution in [3.05, 3.63) is 69.2 Å². The highest BCUT2D eigenvalue weighted by molar-refractivity contribution is 7.16. The van der Waals surface area contributed by atoms with Gasteiger partial charge in [-0.15, -0.1) is 34.0 Å². The van der Waals surface area contributed by atoms with E-state index in [0.717, 1.165) is 34.8 Å². The molecule has 3 saturated heterocycles. The van der Waals surface area contributed by atoms with Gasteiger partial charge in [0.25, 0.3) is 0 Å². The standard InChI is InChI=1S/C49H58N2O10S3/c1-44(2)45(3,4)57-41(56-44)32-20-17-29(62-32)26-15-16-27-28(23-26)51-38-36(31-19-22-34(64-31)43-60-48(9,10)49(11,12)61-43)40(55-25-53-14)39(54-24-52-13)35(37(38)50-27)30-18-21-33(63-30)42-58-46(5,6)47(7,8)59-42/h15-23,41-43H,24-25H2,1-14H3. The van der Waals surface area contributed by atoms with E-state index in [1.807, 2.05) is 30.3 Å². The summed E-state index contributed by atoms with van der Waals surface area (Å²) < 4.78 is 63.1. The third-order valence-corrected chi connectivity index (χ3v) is 17.0. The Bertz CT molecular complexity index is 2680. The van der Waals surface area contributed by atoms with Crippen molar-refractivity contribution in [3.63, 3.8) is 0 Å². The Labute approximate surface area is 387 Å². The van der Waals surface area contributed by atoms with Gasteiger partial charge in [0.15, 0.2) is 44.0 Å². The van der Waals surface area contributed by atoms with E-state index in [1.54, 1.807) is 48.2 Å². The van der Waals surface area contributed by atoms with E-state index < -0.39 is 52.5 Å². The van der Waals surface area contributed by atoms with Gasteiger partial charge >= 0.3 is 0 Å². The van der Waals surface area contributed by atoms with Crippen molar-refractivity contribution in [1.29, 1.82) is 0 Å². The van der Waals surface area contributed by atoms with Gasteiger partial charge in [-0.05, 0) is 137 Å². The minimum Gasteiger partial charge on any atom is -0.463 e. The third-order valence-electron chi connectivity index (χ3n) is 13.6. The predicted molar refractivity (Wildman–Crippen MR) is 251 cm³/mol. The van der Waals surface area contributed by atoms with Gasteiger partial charge in [0.1, 0.15) is 11.0 Å². The van der Waals surface area contributed by atoms with E-state index in [4.69, 9.17) is 57.3 Å². The van der Waals surface area contributed by atoms with Crippen molar-refractivity contribution in [2.75, 3.05) is 27.8 Å². The van der Waals surface area contributed by atoms with Crippen LogP contribution in [0.25, 0.3) is 53.4 Å². The van der Waals surface area contributed by atoms with E-state index in [0.29, 0.717) is 44.7 Å². The highest BCUT2D eigenvalue weighted by Gasteiger charge is 2.52. The highest BCUT2D eigenvalue weighted by atomic mass is 32.1. The molecule has 0 radical (unpaired) electrons. The Hall–Kier alpha value is -3.58. The molecule has 0 aliphatic carbocycles. The van der Waals surface area contributed by atoms with Gasteiger partial charge in [-0.25, -0.2) is 9.97 Å². The first-order valence-corrected chi connectivity index (χ1v) is 23.9. The summed E-state index contributed by atoms with van der Waals surface area (Å²) in [5, 5.41) is 0. The average molecular weight is 931 g/mol. The quantitative estimate of drug-likeness (QED) is 0.0858. The molecule has 7 heterocycles. The first-order valence-electron chi connectivity index (χ1n) is 21.5. The molecular weight excluding hydrogens is 873 g/mol. The molecule has 0 N–H and O–H groups in total. The van der Waals surface area contributed by atoms with Crippen LogP contribution < -0.4 is 9.47 Å². The summed E-state index contributed by atoms with van der Waals surface area (Å²) >= 11 is 4.73. The fourth-order valence-electron chi connectivity index (χ4n) is 7.71. The van der Waals surface area contributed by atoms with E-state index in [9.17, 15) is 0 Å². The normalized spacial score (nSPS) is 21.4. The molecule has 9 rings (SSSR count). The number of ether oxygens (including phenoxy) is 10. The van der Waals surface area contributed by atoms with E-state index >= 15 is 0 Å². The van der Waals surface area contributed by atoms with Crippen molar-refractivity contribution in [3.8, 4) is 42.8 Å². The summed E-state index contributed by atoms with van der Waals surface area (Å²) in [6, 6.07) is 18.5. The minimum atomic E-state index is -0.566. The van der Waals surface area contributed by atoms with Gasteiger partial charge in [0.2, 0.25) is 0 Å². The fourth-order valence-corrected chi connectivity index (χ4v) is 10.7. The minimum absolute atomic E-state index is 0.0561. The molecule has 0 unspecified atom stereocenters. The SMILES string of the molecule is COCOc1c(OCOC)c(-c2ccc(C3OC(C)(C)C(C)(C)O3)s2)c2nc3cc(-c4ccc(C5OC(C)(C)C(C)(C)O5)s4)ccc3nc2c1-c1ccc(C2OC(C)(C)C(C)(C)O2)s1. The number of thiophene rings is 3. The molecule has 15 heteroatoms. The van der Waals surface area contributed by atoms with Crippen LogP contribution in [0.2, 0.25) is 0 Å². The van der Waals surface area contributed by atoms with Crippen molar-refractivity contribution < 1.29 is 47.4 Å². The monoisotopic (exact) mass is 930 g/mol. The third kappa shape index (κ3) is 7.77. The highest BCUT2D eigenvalue weighted by Crippen LogP contribution is 2.56. The Morgan fingerprint density at radius 2 is 0.797 bits per heavy atom. The molecule has 4 aromatic heterocycles. The topological polar surface area (TPSA) is 118 Å². The van der Waals surface area contributed by atoms with Crippen LogP contribution >= 0.6 is 34.0 Å². The Morgan fingerprint density at radius 1 is 0.453 bits per heavy atom. The van der Waals surface area contributed by atoms with Gasteiger partial charge in [0.05, 0.1) is 70.4 Å². The Balaban J connectivity index is 1.24. The zero-order chi connectivity index (χ0) is 45.8. The summed E-state index contributed by atoms with van der Waals surface area (Å²) in [4.78, 5) is 16.5. The molecule has 2 aromatic carbocycles. The number of rotatable bonds is 12. The van der Waals surface area contributed by atoms with E-state index in [-0.39, 0.29) is 13.6 Å². The van der Waals surface area contributed by atoms with Crippen LogP contribution in [-0.4, -0.2) is 71.4 Å². The number of aromatic nitrogens is 2. The van der Waals surface area contributed by atoms with Crippen molar-refractivity contribution in [2.24, 2.45) is 0 Å². The number of hydrogen-bond acceptors (Lipinski definition) is 15. The van der Waals surface area contributed by atoms with Crippen LogP contribution in [-0.2, 0) is 37.9 Å². The molecule has 0 amide bonds. The molecular formula is C49H58N2O10S3. The molecule has 0 spiro atoms. The van der Waals surface area contributed by atoms with Gasteiger partial charge in [-0.2, -0.15) is 0 Å². The second kappa shape index (κ2) is 16.0.